The van der Waals surface area contributed by atoms with Gasteiger partial charge in [0.25, 0.3) is 0 Å². The topological polar surface area (TPSA) is 41.5 Å². The van der Waals surface area contributed by atoms with Gasteiger partial charge in [0, 0.05) is 6.61 Å². The van der Waals surface area contributed by atoms with E-state index in [4.69, 9.17) is 4.74 Å². The molecular weight excluding hydrogens is 214 g/mol. The van der Waals surface area contributed by atoms with Crippen LogP contribution in [-0.2, 0) is 6.42 Å². The summed E-state index contributed by atoms with van der Waals surface area (Å²) in [5.41, 5.74) is 1.30. The molecule has 0 atom stereocenters. The SMILES string of the molecule is COc1cccc(CC2(CO)CCNCC2)c1. The van der Waals surface area contributed by atoms with Crippen molar-refractivity contribution in [1.29, 1.82) is 0 Å². The van der Waals surface area contributed by atoms with Gasteiger partial charge in [-0.15, -0.1) is 0 Å². The Morgan fingerprint density at radius 1 is 1.35 bits per heavy atom. The maximum Gasteiger partial charge on any atom is 0.119 e. The fraction of sp³-hybridized carbons (Fsp3) is 0.571. The van der Waals surface area contributed by atoms with Crippen molar-refractivity contribution in [2.75, 3.05) is 26.8 Å². The van der Waals surface area contributed by atoms with E-state index in [9.17, 15) is 5.11 Å². The van der Waals surface area contributed by atoms with Crippen LogP contribution in [0.3, 0.4) is 0 Å². The molecule has 3 heteroatoms. The van der Waals surface area contributed by atoms with Gasteiger partial charge in [-0.25, -0.2) is 0 Å². The molecule has 0 spiro atoms. The minimum absolute atomic E-state index is 0.0532. The number of nitrogens with one attached hydrogen (secondary N) is 1. The molecular formula is C14H21NO2. The summed E-state index contributed by atoms with van der Waals surface area (Å²) in [5, 5.41) is 13.0. The third-order valence-electron chi connectivity index (χ3n) is 3.71. The number of aliphatic hydroxyl groups is 1. The summed E-state index contributed by atoms with van der Waals surface area (Å²) >= 11 is 0. The highest BCUT2D eigenvalue weighted by Crippen LogP contribution is 2.33. The summed E-state index contributed by atoms with van der Waals surface area (Å²) in [6.07, 6.45) is 3.02. The van der Waals surface area contributed by atoms with E-state index in [0.29, 0.717) is 0 Å². The summed E-state index contributed by atoms with van der Waals surface area (Å²) < 4.78 is 5.24. The number of hydrogen-bond donors (Lipinski definition) is 2. The number of rotatable bonds is 4. The lowest BCUT2D eigenvalue weighted by molar-refractivity contribution is 0.0892. The third-order valence-corrected chi connectivity index (χ3v) is 3.71. The third kappa shape index (κ3) is 2.99. The summed E-state index contributed by atoms with van der Waals surface area (Å²) in [5.74, 6) is 0.893. The number of benzene rings is 1. The zero-order chi connectivity index (χ0) is 12.1. The fourth-order valence-electron chi connectivity index (χ4n) is 2.56. The molecule has 1 aliphatic heterocycles. The molecule has 1 aliphatic rings. The first kappa shape index (κ1) is 12.4. The van der Waals surface area contributed by atoms with Gasteiger partial charge in [0.05, 0.1) is 7.11 Å². The van der Waals surface area contributed by atoms with Crippen LogP contribution in [0.4, 0.5) is 0 Å². The van der Waals surface area contributed by atoms with Gasteiger partial charge < -0.3 is 15.2 Å². The van der Waals surface area contributed by atoms with Crippen molar-refractivity contribution in [3.63, 3.8) is 0 Å². The molecule has 0 saturated carbocycles. The van der Waals surface area contributed by atoms with Crippen LogP contribution < -0.4 is 10.1 Å². The second-order valence-electron chi connectivity index (χ2n) is 4.94. The highest BCUT2D eigenvalue weighted by molar-refractivity contribution is 5.29. The Kier molecular flexibility index (Phi) is 4.02. The van der Waals surface area contributed by atoms with Crippen molar-refractivity contribution in [2.24, 2.45) is 5.41 Å². The summed E-state index contributed by atoms with van der Waals surface area (Å²) in [6, 6.07) is 8.15. The van der Waals surface area contributed by atoms with Crippen molar-refractivity contribution in [3.05, 3.63) is 29.8 Å². The molecule has 2 N–H and O–H groups in total. The fourth-order valence-corrected chi connectivity index (χ4v) is 2.56. The lowest BCUT2D eigenvalue weighted by Crippen LogP contribution is -2.40. The van der Waals surface area contributed by atoms with Crippen molar-refractivity contribution in [3.8, 4) is 5.75 Å². The first-order valence-corrected chi connectivity index (χ1v) is 6.22. The Balaban J connectivity index is 2.11. The average molecular weight is 235 g/mol. The molecule has 1 saturated heterocycles. The number of hydrogen-bond acceptors (Lipinski definition) is 3. The molecule has 0 amide bonds. The van der Waals surface area contributed by atoms with E-state index in [2.05, 4.69) is 17.4 Å². The normalized spacial score (nSPS) is 18.9. The molecule has 0 aliphatic carbocycles. The van der Waals surface area contributed by atoms with Gasteiger partial charge in [-0.3, -0.25) is 0 Å². The first-order chi connectivity index (χ1) is 8.28. The highest BCUT2D eigenvalue weighted by Gasteiger charge is 2.31. The zero-order valence-corrected chi connectivity index (χ0v) is 10.4. The molecule has 1 aromatic rings. The van der Waals surface area contributed by atoms with Crippen LogP contribution in [0.25, 0.3) is 0 Å². The Morgan fingerprint density at radius 3 is 2.76 bits per heavy atom. The predicted molar refractivity (Wildman–Crippen MR) is 68.3 cm³/mol. The number of ether oxygens (including phenoxy) is 1. The minimum atomic E-state index is 0.0532. The highest BCUT2D eigenvalue weighted by atomic mass is 16.5. The van der Waals surface area contributed by atoms with E-state index in [1.165, 1.54) is 5.56 Å². The van der Waals surface area contributed by atoms with E-state index < -0.39 is 0 Å². The van der Waals surface area contributed by atoms with Crippen molar-refractivity contribution >= 4 is 0 Å². The zero-order valence-electron chi connectivity index (χ0n) is 10.4. The van der Waals surface area contributed by atoms with Crippen LogP contribution in [0.1, 0.15) is 18.4 Å². The minimum Gasteiger partial charge on any atom is -0.497 e. The standard InChI is InChI=1S/C14H21NO2/c1-17-13-4-2-3-12(9-13)10-14(11-16)5-7-15-8-6-14/h2-4,9,15-16H,5-8,10-11H2,1H3. The van der Waals surface area contributed by atoms with Crippen LogP contribution in [0.15, 0.2) is 24.3 Å². The van der Waals surface area contributed by atoms with Crippen LogP contribution in [-0.4, -0.2) is 31.9 Å². The van der Waals surface area contributed by atoms with Gasteiger partial charge in [0.1, 0.15) is 5.75 Å². The van der Waals surface area contributed by atoms with Crippen LogP contribution in [0.5, 0.6) is 5.75 Å². The quantitative estimate of drug-likeness (QED) is 0.833. The first-order valence-electron chi connectivity index (χ1n) is 6.22. The Hall–Kier alpha value is -1.06. The smallest absolute Gasteiger partial charge is 0.119 e. The van der Waals surface area contributed by atoms with Gasteiger partial charge in [-0.2, -0.15) is 0 Å². The molecule has 1 fully saturated rings. The van der Waals surface area contributed by atoms with Crippen molar-refractivity contribution in [1.82, 2.24) is 5.32 Å². The molecule has 2 rings (SSSR count). The van der Waals surface area contributed by atoms with Crippen LogP contribution >= 0.6 is 0 Å². The summed E-state index contributed by atoms with van der Waals surface area (Å²) in [6.45, 7) is 2.28. The molecule has 0 unspecified atom stereocenters. The maximum atomic E-state index is 9.67. The van der Waals surface area contributed by atoms with E-state index >= 15 is 0 Å². The van der Waals surface area contributed by atoms with Crippen LogP contribution in [0, 0.1) is 5.41 Å². The number of aliphatic hydroxyl groups excluding tert-OH is 1. The van der Waals surface area contributed by atoms with Gasteiger partial charge >= 0.3 is 0 Å². The molecule has 17 heavy (non-hydrogen) atoms. The van der Waals surface area contributed by atoms with Gasteiger partial charge in [-0.1, -0.05) is 12.1 Å². The average Bonchev–Trinajstić information content (AvgIpc) is 2.40. The monoisotopic (exact) mass is 235 g/mol. The number of methoxy groups -OCH3 is 1. The van der Waals surface area contributed by atoms with E-state index in [-0.39, 0.29) is 12.0 Å². The molecule has 0 aromatic heterocycles. The molecule has 0 radical (unpaired) electrons. The Labute approximate surface area is 103 Å². The molecule has 1 aromatic carbocycles. The van der Waals surface area contributed by atoms with E-state index in [0.717, 1.165) is 38.1 Å². The maximum absolute atomic E-state index is 9.67. The van der Waals surface area contributed by atoms with Crippen molar-refractivity contribution in [2.45, 2.75) is 19.3 Å². The van der Waals surface area contributed by atoms with E-state index in [1.807, 2.05) is 12.1 Å². The van der Waals surface area contributed by atoms with Gasteiger partial charge in [0.2, 0.25) is 0 Å². The molecule has 0 bridgehead atoms. The lowest BCUT2D eigenvalue weighted by atomic mass is 9.75. The summed E-state index contributed by atoms with van der Waals surface area (Å²) in [4.78, 5) is 0. The second kappa shape index (κ2) is 5.52. The van der Waals surface area contributed by atoms with Crippen LogP contribution in [0.2, 0.25) is 0 Å². The summed E-state index contributed by atoms with van der Waals surface area (Å²) in [7, 11) is 1.69. The van der Waals surface area contributed by atoms with Gasteiger partial charge in [0.15, 0.2) is 0 Å². The van der Waals surface area contributed by atoms with Crippen molar-refractivity contribution < 1.29 is 9.84 Å². The van der Waals surface area contributed by atoms with Gasteiger partial charge in [-0.05, 0) is 55.5 Å². The lowest BCUT2D eigenvalue weighted by Gasteiger charge is -2.36. The molecule has 94 valence electrons. The Morgan fingerprint density at radius 2 is 2.12 bits per heavy atom. The Bertz CT molecular complexity index is 359. The predicted octanol–water partition coefficient (Wildman–Crippen LogP) is 1.60. The molecule has 3 nitrogen and oxygen atoms in total. The molecule has 1 heterocycles. The second-order valence-corrected chi connectivity index (χ2v) is 4.94. The largest absolute Gasteiger partial charge is 0.497 e. The number of piperidine rings is 1. The van der Waals surface area contributed by atoms with E-state index in [1.54, 1.807) is 7.11 Å².